The molecule has 3 aromatic rings. The van der Waals surface area contributed by atoms with Gasteiger partial charge in [0.2, 0.25) is 0 Å². The fourth-order valence-corrected chi connectivity index (χ4v) is 4.06. The highest BCUT2D eigenvalue weighted by atomic mass is 35.5. The van der Waals surface area contributed by atoms with Gasteiger partial charge in [-0.3, -0.25) is 0 Å². The zero-order chi connectivity index (χ0) is 20.8. The molecule has 0 spiro atoms. The lowest BCUT2D eigenvalue weighted by atomic mass is 9.82. The van der Waals surface area contributed by atoms with Crippen LogP contribution in [0.3, 0.4) is 0 Å². The van der Waals surface area contributed by atoms with E-state index in [0.29, 0.717) is 30.2 Å². The highest BCUT2D eigenvalue weighted by molar-refractivity contribution is 6.30. The number of rotatable bonds is 7. The molecule has 5 heteroatoms. The van der Waals surface area contributed by atoms with E-state index in [4.69, 9.17) is 21.1 Å². The van der Waals surface area contributed by atoms with Crippen molar-refractivity contribution in [2.75, 3.05) is 13.1 Å². The predicted molar refractivity (Wildman–Crippen MR) is 117 cm³/mol. The van der Waals surface area contributed by atoms with Crippen molar-refractivity contribution >= 4 is 11.6 Å². The monoisotopic (exact) mass is 425 g/mol. The molecule has 156 valence electrons. The van der Waals surface area contributed by atoms with Crippen LogP contribution in [0.4, 0.5) is 4.39 Å². The van der Waals surface area contributed by atoms with Gasteiger partial charge in [0, 0.05) is 17.1 Å². The Morgan fingerprint density at radius 1 is 0.933 bits per heavy atom. The molecule has 3 aromatic carbocycles. The number of ether oxygens (including phenoxy) is 2. The van der Waals surface area contributed by atoms with Gasteiger partial charge in [-0.15, -0.1) is 0 Å². The first kappa shape index (κ1) is 21.0. The van der Waals surface area contributed by atoms with Gasteiger partial charge >= 0.3 is 0 Å². The van der Waals surface area contributed by atoms with Gasteiger partial charge in [-0.05, 0) is 42.3 Å². The van der Waals surface area contributed by atoms with Gasteiger partial charge in [0.15, 0.2) is 0 Å². The molecule has 1 saturated heterocycles. The topological polar surface area (TPSA) is 30.5 Å². The van der Waals surface area contributed by atoms with Crippen molar-refractivity contribution in [2.24, 2.45) is 0 Å². The van der Waals surface area contributed by atoms with E-state index < -0.39 is 5.60 Å². The Labute approximate surface area is 181 Å². The molecule has 0 radical (unpaired) electrons. The average molecular weight is 426 g/mol. The van der Waals surface area contributed by atoms with Gasteiger partial charge in [0.05, 0.1) is 13.2 Å². The van der Waals surface area contributed by atoms with Crippen LogP contribution in [0.25, 0.3) is 0 Å². The minimum atomic E-state index is -0.701. The third kappa shape index (κ3) is 4.73. The van der Waals surface area contributed by atoms with Crippen LogP contribution < -0.4 is 5.32 Å². The van der Waals surface area contributed by atoms with E-state index in [1.807, 2.05) is 60.7 Å². The van der Waals surface area contributed by atoms with Crippen molar-refractivity contribution in [3.8, 4) is 0 Å². The summed E-state index contributed by atoms with van der Waals surface area (Å²) in [4.78, 5) is 0. The quantitative estimate of drug-likeness (QED) is 0.544. The molecule has 1 N–H and O–H groups in total. The summed E-state index contributed by atoms with van der Waals surface area (Å²) < 4.78 is 27.1. The van der Waals surface area contributed by atoms with Crippen molar-refractivity contribution in [2.45, 2.75) is 31.3 Å². The summed E-state index contributed by atoms with van der Waals surface area (Å²) in [5, 5.41) is 4.08. The molecule has 0 bridgehead atoms. The Hall–Kier alpha value is -2.24. The molecule has 0 aliphatic carbocycles. The largest absolute Gasteiger partial charge is 0.369 e. The fourth-order valence-electron chi connectivity index (χ4n) is 3.93. The van der Waals surface area contributed by atoms with Crippen LogP contribution in [0.2, 0.25) is 5.02 Å². The predicted octanol–water partition coefficient (Wildman–Crippen LogP) is 5.47. The molecular weight excluding hydrogens is 401 g/mol. The number of piperidine rings is 1. The molecule has 0 amide bonds. The molecule has 1 fully saturated rings. The maximum Gasteiger partial charge on any atom is 0.128 e. The minimum Gasteiger partial charge on any atom is -0.369 e. The average Bonchev–Trinajstić information content (AvgIpc) is 2.79. The molecule has 0 saturated carbocycles. The van der Waals surface area contributed by atoms with Crippen molar-refractivity contribution in [3.63, 3.8) is 0 Å². The van der Waals surface area contributed by atoms with Crippen LogP contribution in [0.1, 0.15) is 23.1 Å². The van der Waals surface area contributed by atoms with Crippen molar-refractivity contribution in [3.05, 3.63) is 106 Å². The summed E-state index contributed by atoms with van der Waals surface area (Å²) >= 11 is 6.13. The third-order valence-corrected chi connectivity index (χ3v) is 5.84. The van der Waals surface area contributed by atoms with Crippen LogP contribution in [0.15, 0.2) is 78.9 Å². The van der Waals surface area contributed by atoms with Crippen LogP contribution in [0, 0.1) is 5.82 Å². The zero-order valence-corrected chi connectivity index (χ0v) is 17.4. The first-order valence-corrected chi connectivity index (χ1v) is 10.5. The number of nitrogens with one attached hydrogen (secondary N) is 1. The second kappa shape index (κ2) is 9.71. The maximum atomic E-state index is 14.2. The molecule has 1 heterocycles. The van der Waals surface area contributed by atoms with Gasteiger partial charge in [-0.1, -0.05) is 72.3 Å². The molecule has 2 atom stereocenters. The molecule has 30 heavy (non-hydrogen) atoms. The van der Waals surface area contributed by atoms with E-state index in [2.05, 4.69) is 5.32 Å². The van der Waals surface area contributed by atoms with E-state index in [0.717, 1.165) is 17.7 Å². The zero-order valence-electron chi connectivity index (χ0n) is 16.7. The van der Waals surface area contributed by atoms with Crippen LogP contribution in [0.5, 0.6) is 0 Å². The first-order valence-electron chi connectivity index (χ1n) is 10.2. The van der Waals surface area contributed by atoms with Crippen molar-refractivity contribution < 1.29 is 13.9 Å². The molecule has 0 aromatic heterocycles. The standard InChI is InChI=1S/C25H25ClFNO2/c26-22-12-10-21(11-13-22)25(30-18-20-8-4-5-9-23(20)27)14-15-28-16-24(25)29-17-19-6-2-1-3-7-19/h1-13,24,28H,14-18H2. The molecular formula is C25H25ClFNO2. The summed E-state index contributed by atoms with van der Waals surface area (Å²) in [5.74, 6) is -0.264. The number of halogens is 2. The highest BCUT2D eigenvalue weighted by Crippen LogP contribution is 2.38. The van der Waals surface area contributed by atoms with Crippen LogP contribution in [-0.4, -0.2) is 19.2 Å². The van der Waals surface area contributed by atoms with E-state index in [1.54, 1.807) is 12.1 Å². The Morgan fingerprint density at radius 3 is 2.43 bits per heavy atom. The molecule has 3 nitrogen and oxygen atoms in total. The lowest BCUT2D eigenvalue weighted by Gasteiger charge is -2.44. The van der Waals surface area contributed by atoms with E-state index in [1.165, 1.54) is 6.07 Å². The lowest BCUT2D eigenvalue weighted by Crippen LogP contribution is -2.54. The van der Waals surface area contributed by atoms with Gasteiger partial charge in [-0.25, -0.2) is 4.39 Å². The molecule has 4 rings (SSSR count). The van der Waals surface area contributed by atoms with E-state index in [-0.39, 0.29) is 18.5 Å². The van der Waals surface area contributed by atoms with Gasteiger partial charge in [0.1, 0.15) is 17.5 Å². The second-order valence-corrected chi connectivity index (χ2v) is 7.95. The SMILES string of the molecule is Fc1ccccc1COC1(c2ccc(Cl)cc2)CCNCC1OCc1ccccc1. The van der Waals surface area contributed by atoms with E-state index in [9.17, 15) is 4.39 Å². The molecule has 2 unspecified atom stereocenters. The summed E-state index contributed by atoms with van der Waals surface area (Å²) in [5.41, 5.74) is 1.92. The highest BCUT2D eigenvalue weighted by Gasteiger charge is 2.44. The number of benzene rings is 3. The summed E-state index contributed by atoms with van der Waals surface area (Å²) in [6.45, 7) is 2.07. The first-order chi connectivity index (χ1) is 14.7. The maximum absolute atomic E-state index is 14.2. The van der Waals surface area contributed by atoms with Crippen molar-refractivity contribution in [1.29, 1.82) is 0 Å². The molecule has 1 aliphatic rings. The van der Waals surface area contributed by atoms with Crippen molar-refractivity contribution in [1.82, 2.24) is 5.32 Å². The Balaban J connectivity index is 1.63. The summed E-state index contributed by atoms with van der Waals surface area (Å²) in [6, 6.07) is 24.5. The number of hydrogen-bond acceptors (Lipinski definition) is 3. The normalized spacial score (nSPS) is 21.5. The Bertz CT molecular complexity index is 951. The molecule has 1 aliphatic heterocycles. The van der Waals surface area contributed by atoms with Gasteiger partial charge in [0.25, 0.3) is 0 Å². The minimum absolute atomic E-state index is 0.167. The summed E-state index contributed by atoms with van der Waals surface area (Å²) in [6.07, 6.45) is 0.474. The summed E-state index contributed by atoms with van der Waals surface area (Å²) in [7, 11) is 0. The Morgan fingerprint density at radius 2 is 1.67 bits per heavy atom. The van der Waals surface area contributed by atoms with Gasteiger partial charge < -0.3 is 14.8 Å². The van der Waals surface area contributed by atoms with E-state index >= 15 is 0 Å². The number of hydrogen-bond donors (Lipinski definition) is 1. The Kier molecular flexibility index (Phi) is 6.80. The second-order valence-electron chi connectivity index (χ2n) is 7.52. The van der Waals surface area contributed by atoms with Crippen LogP contribution >= 0.6 is 11.6 Å². The smallest absolute Gasteiger partial charge is 0.128 e. The third-order valence-electron chi connectivity index (χ3n) is 5.59. The van der Waals surface area contributed by atoms with Crippen LogP contribution in [-0.2, 0) is 28.3 Å². The lowest BCUT2D eigenvalue weighted by molar-refractivity contribution is -0.176. The van der Waals surface area contributed by atoms with Gasteiger partial charge in [-0.2, -0.15) is 0 Å². The fraction of sp³-hybridized carbons (Fsp3) is 0.280.